The maximum Gasteiger partial charge on any atom is 0.242 e. The predicted molar refractivity (Wildman–Crippen MR) is 105 cm³/mol. The van der Waals surface area contributed by atoms with Crippen LogP contribution >= 0.6 is 0 Å². The van der Waals surface area contributed by atoms with Gasteiger partial charge in [0.1, 0.15) is 5.41 Å². The summed E-state index contributed by atoms with van der Waals surface area (Å²) in [5.41, 5.74) is 2.88. The van der Waals surface area contributed by atoms with Gasteiger partial charge in [0.05, 0.1) is 0 Å². The second kappa shape index (κ2) is 6.94. The molecular weight excluding hydrogens is 324 g/mol. The zero-order valence-corrected chi connectivity index (χ0v) is 16.0. The number of para-hydroxylation sites is 1. The first-order valence-corrected chi connectivity index (χ1v) is 9.14. The van der Waals surface area contributed by atoms with Crippen LogP contribution < -0.4 is 9.80 Å². The molecule has 3 rings (SSSR count). The number of carbonyl (C=O) groups excluding carboxylic acids is 2. The molecule has 0 bridgehead atoms. The van der Waals surface area contributed by atoms with Gasteiger partial charge in [-0.15, -0.1) is 0 Å². The fourth-order valence-corrected chi connectivity index (χ4v) is 3.55. The van der Waals surface area contributed by atoms with Crippen molar-refractivity contribution in [3.8, 4) is 0 Å². The van der Waals surface area contributed by atoms with Gasteiger partial charge in [-0.05, 0) is 63.4 Å². The van der Waals surface area contributed by atoms with Crippen LogP contribution in [0.5, 0.6) is 0 Å². The first kappa shape index (κ1) is 18.2. The molecule has 4 nitrogen and oxygen atoms in total. The lowest BCUT2D eigenvalue weighted by atomic mass is 9.89. The number of benzene rings is 2. The van der Waals surface area contributed by atoms with E-state index < -0.39 is 5.41 Å². The Bertz CT molecular complexity index is 842. The summed E-state index contributed by atoms with van der Waals surface area (Å²) < 4.78 is 0. The molecular formula is C22H26N2O2. The van der Waals surface area contributed by atoms with Crippen LogP contribution in [0.2, 0.25) is 0 Å². The minimum atomic E-state index is -1.13. The minimum absolute atomic E-state index is 0.140. The summed E-state index contributed by atoms with van der Waals surface area (Å²) in [6, 6.07) is 15.8. The first-order chi connectivity index (χ1) is 12.4. The molecule has 1 aliphatic rings. The van der Waals surface area contributed by atoms with Gasteiger partial charge in [-0.25, -0.2) is 0 Å². The highest BCUT2D eigenvalue weighted by molar-refractivity contribution is 6.16. The topological polar surface area (TPSA) is 40.6 Å². The highest BCUT2D eigenvalue weighted by Gasteiger charge is 2.43. The summed E-state index contributed by atoms with van der Waals surface area (Å²) >= 11 is 0. The fraction of sp³-hybridized carbons (Fsp3) is 0.364. The largest absolute Gasteiger partial charge is 0.312 e. The van der Waals surface area contributed by atoms with Gasteiger partial charge in [0.15, 0.2) is 0 Å². The molecule has 0 aliphatic carbocycles. The quantitative estimate of drug-likeness (QED) is 0.783. The molecule has 0 aromatic heterocycles. The Kier molecular flexibility index (Phi) is 4.86. The highest BCUT2D eigenvalue weighted by Crippen LogP contribution is 2.33. The van der Waals surface area contributed by atoms with Gasteiger partial charge in [-0.1, -0.05) is 30.3 Å². The van der Waals surface area contributed by atoms with Crippen molar-refractivity contribution in [2.75, 3.05) is 22.9 Å². The van der Waals surface area contributed by atoms with E-state index in [2.05, 4.69) is 0 Å². The molecule has 0 atom stereocenters. The molecule has 26 heavy (non-hydrogen) atoms. The Hall–Kier alpha value is -2.62. The monoisotopic (exact) mass is 350 g/mol. The molecule has 1 heterocycles. The highest BCUT2D eigenvalue weighted by atomic mass is 16.2. The molecule has 0 unspecified atom stereocenters. The van der Waals surface area contributed by atoms with Crippen LogP contribution in [0.4, 0.5) is 11.4 Å². The van der Waals surface area contributed by atoms with E-state index in [1.807, 2.05) is 62.4 Å². The smallest absolute Gasteiger partial charge is 0.242 e. The Balaban J connectivity index is 1.89. The zero-order valence-electron chi connectivity index (χ0n) is 16.0. The minimum Gasteiger partial charge on any atom is -0.312 e. The van der Waals surface area contributed by atoms with E-state index in [1.54, 1.807) is 23.6 Å². The molecule has 2 aromatic rings. The number of carbonyl (C=O) groups is 2. The second-order valence-electron chi connectivity index (χ2n) is 7.35. The van der Waals surface area contributed by atoms with Crippen LogP contribution in [0, 0.1) is 12.3 Å². The standard InChI is InChI=1S/C22H26N2O2/c1-5-23(18-11-8-9-16(2)15-18)20(25)22(3,4)21(26)24-14-13-17-10-6-7-12-19(17)24/h6-12,15H,5,13-14H2,1-4H3. The first-order valence-electron chi connectivity index (χ1n) is 9.14. The van der Waals surface area contributed by atoms with Gasteiger partial charge in [0.2, 0.25) is 11.8 Å². The molecule has 0 radical (unpaired) electrons. The van der Waals surface area contributed by atoms with Crippen LogP contribution in [0.15, 0.2) is 48.5 Å². The number of nitrogens with zero attached hydrogens (tertiary/aromatic N) is 2. The third kappa shape index (κ3) is 3.12. The Morgan fingerprint density at radius 1 is 1.12 bits per heavy atom. The van der Waals surface area contributed by atoms with E-state index in [9.17, 15) is 9.59 Å². The lowest BCUT2D eigenvalue weighted by molar-refractivity contribution is -0.138. The van der Waals surface area contributed by atoms with E-state index in [0.29, 0.717) is 13.1 Å². The molecule has 136 valence electrons. The summed E-state index contributed by atoms with van der Waals surface area (Å²) in [6.07, 6.45) is 0.835. The number of fused-ring (bicyclic) bond motifs is 1. The number of anilines is 2. The molecule has 0 N–H and O–H groups in total. The van der Waals surface area contributed by atoms with Gasteiger partial charge in [0.25, 0.3) is 0 Å². The van der Waals surface area contributed by atoms with Gasteiger partial charge < -0.3 is 9.80 Å². The summed E-state index contributed by atoms with van der Waals surface area (Å²) in [5.74, 6) is -0.307. The normalized spacial score (nSPS) is 13.5. The molecule has 0 saturated carbocycles. The van der Waals surface area contributed by atoms with Crippen molar-refractivity contribution in [2.24, 2.45) is 5.41 Å². The summed E-state index contributed by atoms with van der Waals surface area (Å²) in [6.45, 7) is 8.56. The molecule has 0 fully saturated rings. The number of amides is 2. The molecule has 0 spiro atoms. The third-order valence-corrected chi connectivity index (χ3v) is 5.08. The van der Waals surface area contributed by atoms with Crippen molar-refractivity contribution in [1.82, 2.24) is 0 Å². The van der Waals surface area contributed by atoms with E-state index in [-0.39, 0.29) is 11.8 Å². The zero-order chi connectivity index (χ0) is 18.9. The number of hydrogen-bond donors (Lipinski definition) is 0. The van der Waals surface area contributed by atoms with E-state index in [1.165, 1.54) is 0 Å². The summed E-state index contributed by atoms with van der Waals surface area (Å²) in [5, 5.41) is 0. The molecule has 1 aliphatic heterocycles. The van der Waals surface area contributed by atoms with Crippen molar-refractivity contribution < 1.29 is 9.59 Å². The fourth-order valence-electron chi connectivity index (χ4n) is 3.55. The van der Waals surface area contributed by atoms with Crippen LogP contribution in [-0.4, -0.2) is 24.9 Å². The molecule has 0 saturated heterocycles. The maximum absolute atomic E-state index is 13.3. The SMILES string of the molecule is CCN(C(=O)C(C)(C)C(=O)N1CCc2ccccc21)c1cccc(C)c1. The van der Waals surface area contributed by atoms with Gasteiger partial charge in [0, 0.05) is 24.5 Å². The van der Waals surface area contributed by atoms with E-state index >= 15 is 0 Å². The molecule has 4 heteroatoms. The van der Waals surface area contributed by atoms with E-state index in [0.717, 1.165) is 28.9 Å². The third-order valence-electron chi connectivity index (χ3n) is 5.08. The van der Waals surface area contributed by atoms with Crippen molar-refractivity contribution >= 4 is 23.2 Å². The van der Waals surface area contributed by atoms with Crippen LogP contribution in [0.25, 0.3) is 0 Å². The number of aryl methyl sites for hydroxylation is 1. The second-order valence-corrected chi connectivity index (χ2v) is 7.35. The predicted octanol–water partition coefficient (Wildman–Crippen LogP) is 3.96. The van der Waals surface area contributed by atoms with Gasteiger partial charge in [-0.3, -0.25) is 9.59 Å². The van der Waals surface area contributed by atoms with Gasteiger partial charge in [-0.2, -0.15) is 0 Å². The van der Waals surface area contributed by atoms with Crippen LogP contribution in [-0.2, 0) is 16.0 Å². The van der Waals surface area contributed by atoms with Crippen LogP contribution in [0.1, 0.15) is 31.9 Å². The number of hydrogen-bond acceptors (Lipinski definition) is 2. The lowest BCUT2D eigenvalue weighted by Gasteiger charge is -2.33. The summed E-state index contributed by atoms with van der Waals surface area (Å²) in [7, 11) is 0. The maximum atomic E-state index is 13.3. The molecule has 2 amide bonds. The van der Waals surface area contributed by atoms with Crippen molar-refractivity contribution in [1.29, 1.82) is 0 Å². The van der Waals surface area contributed by atoms with Crippen molar-refractivity contribution in [3.63, 3.8) is 0 Å². The average Bonchev–Trinajstić information content (AvgIpc) is 3.05. The Morgan fingerprint density at radius 3 is 2.54 bits per heavy atom. The van der Waals surface area contributed by atoms with E-state index in [4.69, 9.17) is 0 Å². The van der Waals surface area contributed by atoms with Gasteiger partial charge >= 0.3 is 0 Å². The van der Waals surface area contributed by atoms with Crippen LogP contribution in [0.3, 0.4) is 0 Å². The Labute approximate surface area is 155 Å². The van der Waals surface area contributed by atoms with Crippen molar-refractivity contribution in [2.45, 2.75) is 34.1 Å². The molecule has 2 aromatic carbocycles. The number of rotatable bonds is 4. The summed E-state index contributed by atoms with van der Waals surface area (Å²) in [4.78, 5) is 30.0. The lowest BCUT2D eigenvalue weighted by Crippen LogP contribution is -2.51. The van der Waals surface area contributed by atoms with Crippen molar-refractivity contribution in [3.05, 3.63) is 59.7 Å². The average molecular weight is 350 g/mol. The Morgan fingerprint density at radius 2 is 1.85 bits per heavy atom.